The molecule has 0 saturated carbocycles. The highest BCUT2D eigenvalue weighted by molar-refractivity contribution is 5.79. The number of nitrogens with zero attached hydrogens (tertiary/aromatic N) is 5. The van der Waals surface area contributed by atoms with E-state index in [2.05, 4.69) is 37.0 Å². The highest BCUT2D eigenvalue weighted by Gasteiger charge is 2.25. The minimum atomic E-state index is -0.295. The Bertz CT molecular complexity index is 1450. The van der Waals surface area contributed by atoms with E-state index in [4.69, 9.17) is 9.73 Å². The van der Waals surface area contributed by atoms with Gasteiger partial charge in [0.25, 0.3) is 0 Å². The molecule has 1 amide bonds. The summed E-state index contributed by atoms with van der Waals surface area (Å²) in [6.07, 6.45) is 4.50. The van der Waals surface area contributed by atoms with Crippen LogP contribution in [-0.2, 0) is 28.1 Å². The quantitative estimate of drug-likeness (QED) is 0.559. The lowest BCUT2D eigenvalue weighted by Crippen LogP contribution is -2.37. The zero-order valence-corrected chi connectivity index (χ0v) is 19.9. The first-order chi connectivity index (χ1) is 16.2. The third kappa shape index (κ3) is 3.87. The van der Waals surface area contributed by atoms with Gasteiger partial charge in [-0.2, -0.15) is 0 Å². The van der Waals surface area contributed by atoms with E-state index < -0.39 is 0 Å². The summed E-state index contributed by atoms with van der Waals surface area (Å²) in [5.74, 6) is 0.551. The minimum absolute atomic E-state index is 0.0692. The summed E-state index contributed by atoms with van der Waals surface area (Å²) in [5.41, 5.74) is 4.43. The Morgan fingerprint density at radius 2 is 2.03 bits per heavy atom. The Kier molecular flexibility index (Phi) is 5.46. The molecule has 2 aromatic heterocycles. The van der Waals surface area contributed by atoms with Gasteiger partial charge in [-0.1, -0.05) is 39.0 Å². The second kappa shape index (κ2) is 8.34. The second-order valence-electron chi connectivity index (χ2n) is 9.84. The molecule has 2 aliphatic rings. The van der Waals surface area contributed by atoms with Crippen LogP contribution in [0.15, 0.2) is 35.3 Å². The van der Waals surface area contributed by atoms with Crippen LogP contribution in [-0.4, -0.2) is 38.5 Å². The van der Waals surface area contributed by atoms with Gasteiger partial charge in [-0.3, -0.25) is 14.2 Å². The van der Waals surface area contributed by atoms with Crippen LogP contribution in [0.5, 0.6) is 0 Å². The molecule has 0 fully saturated rings. The lowest BCUT2D eigenvalue weighted by Gasteiger charge is -2.25. The molecular weight excluding hydrogens is 433 g/mol. The molecule has 0 saturated heterocycles. The van der Waals surface area contributed by atoms with Gasteiger partial charge in [0.05, 0.1) is 18.0 Å². The van der Waals surface area contributed by atoms with Crippen molar-refractivity contribution in [3.05, 3.63) is 69.4 Å². The van der Waals surface area contributed by atoms with Crippen LogP contribution < -0.4 is 10.7 Å². The number of hydrogen-bond donors (Lipinski definition) is 0. The fourth-order valence-corrected chi connectivity index (χ4v) is 4.53. The summed E-state index contributed by atoms with van der Waals surface area (Å²) in [5, 5.41) is 9.90. The maximum absolute atomic E-state index is 14.6. The molecule has 34 heavy (non-hydrogen) atoms. The molecule has 0 unspecified atom stereocenters. The van der Waals surface area contributed by atoms with Crippen molar-refractivity contribution in [1.29, 1.82) is 0 Å². The lowest BCUT2D eigenvalue weighted by atomic mass is 9.95. The first kappa shape index (κ1) is 22.3. The molecule has 4 heterocycles. The van der Waals surface area contributed by atoms with E-state index in [1.165, 1.54) is 6.07 Å². The molecule has 0 radical (unpaired) electrons. The van der Waals surface area contributed by atoms with Crippen molar-refractivity contribution < 1.29 is 13.9 Å². The smallest absolute Gasteiger partial charge is 0.219 e. The summed E-state index contributed by atoms with van der Waals surface area (Å²) in [6, 6.07) is 7.04. The average molecular weight is 462 g/mol. The molecule has 1 aromatic carbocycles. The largest absolute Gasteiger partial charge is 0.496 e. The lowest BCUT2D eigenvalue weighted by molar-refractivity contribution is -0.128. The van der Waals surface area contributed by atoms with Gasteiger partial charge >= 0.3 is 0 Å². The van der Waals surface area contributed by atoms with E-state index >= 15 is 0 Å². The van der Waals surface area contributed by atoms with Gasteiger partial charge in [-0.15, -0.1) is 10.2 Å². The molecule has 176 valence electrons. The molecule has 2 aliphatic heterocycles. The van der Waals surface area contributed by atoms with Crippen LogP contribution in [0.2, 0.25) is 0 Å². The number of fused-ring (bicyclic) bond motifs is 4. The Morgan fingerprint density at radius 3 is 2.74 bits per heavy atom. The molecule has 5 rings (SSSR count). The number of amides is 1. The third-order valence-electron chi connectivity index (χ3n) is 6.40. The summed E-state index contributed by atoms with van der Waals surface area (Å²) < 4.78 is 22.5. The van der Waals surface area contributed by atoms with Gasteiger partial charge in [0.1, 0.15) is 23.7 Å². The third-order valence-corrected chi connectivity index (χ3v) is 6.40. The number of halogens is 1. The predicted molar refractivity (Wildman–Crippen MR) is 127 cm³/mol. The van der Waals surface area contributed by atoms with Crippen molar-refractivity contribution >= 4 is 23.4 Å². The van der Waals surface area contributed by atoms with Crippen molar-refractivity contribution in [3.63, 3.8) is 0 Å². The van der Waals surface area contributed by atoms with Crippen LogP contribution in [0.25, 0.3) is 17.5 Å². The monoisotopic (exact) mass is 461 g/mol. The molecule has 0 atom stereocenters. The summed E-state index contributed by atoms with van der Waals surface area (Å²) in [7, 11) is 0. The summed E-state index contributed by atoms with van der Waals surface area (Å²) in [4.78, 5) is 18.5. The van der Waals surface area contributed by atoms with Gasteiger partial charge in [-0.05, 0) is 29.7 Å². The first-order valence-corrected chi connectivity index (χ1v) is 11.5. The molecule has 0 bridgehead atoms. The van der Waals surface area contributed by atoms with Crippen molar-refractivity contribution in [2.45, 2.75) is 52.7 Å². The number of ether oxygens (including phenoxy) is 1. The summed E-state index contributed by atoms with van der Waals surface area (Å²) >= 11 is 0. The van der Waals surface area contributed by atoms with E-state index in [0.717, 1.165) is 34.2 Å². The van der Waals surface area contributed by atoms with Crippen molar-refractivity contribution in [3.8, 4) is 0 Å². The van der Waals surface area contributed by atoms with E-state index in [9.17, 15) is 9.18 Å². The van der Waals surface area contributed by atoms with E-state index in [1.807, 2.05) is 21.4 Å². The molecule has 7 nitrogen and oxygen atoms in total. The Balaban J connectivity index is 1.77. The van der Waals surface area contributed by atoms with Crippen LogP contribution >= 0.6 is 0 Å². The standard InChI is InChI=1S/C26H28FN5O2/c1-16(33)31-10-8-17(9-11-31)20-12-19-15-34-14-18-6-5-7-22(27)21(18)13-28-23(19)32-24(20)29-30-25(32)26(2,3)4/h5-8,12,15H,9-11,13-14H2,1-4H3. The number of benzene rings is 1. The molecule has 0 spiro atoms. The molecule has 3 aromatic rings. The Hall–Kier alpha value is -3.55. The van der Waals surface area contributed by atoms with Gasteiger partial charge in [0.15, 0.2) is 5.65 Å². The van der Waals surface area contributed by atoms with Gasteiger partial charge in [-0.25, -0.2) is 4.39 Å². The number of rotatable bonds is 1. The molecule has 0 aliphatic carbocycles. The number of carbonyl (C=O) groups excluding carboxylic acids is 1. The minimum Gasteiger partial charge on any atom is -0.496 e. The maximum atomic E-state index is 14.6. The highest BCUT2D eigenvalue weighted by Crippen LogP contribution is 2.27. The van der Waals surface area contributed by atoms with Gasteiger partial charge in [0, 0.05) is 36.6 Å². The topological polar surface area (TPSA) is 72.1 Å². The fourth-order valence-electron chi connectivity index (χ4n) is 4.53. The van der Waals surface area contributed by atoms with E-state index in [-0.39, 0.29) is 30.3 Å². The predicted octanol–water partition coefficient (Wildman–Crippen LogP) is 2.89. The van der Waals surface area contributed by atoms with Crippen LogP contribution in [0.4, 0.5) is 4.39 Å². The number of pyridine rings is 1. The molecule has 8 heteroatoms. The van der Waals surface area contributed by atoms with Gasteiger partial charge in [0.2, 0.25) is 5.91 Å². The SMILES string of the molecule is CC(=O)N1CC=C(c2cc3c(n4c(C(C)(C)C)nnc24)=NCc2c(F)cccc2COC=3)CC1. The zero-order chi connectivity index (χ0) is 24.0. The average Bonchev–Trinajstić information content (AvgIpc) is 3.27. The zero-order valence-electron chi connectivity index (χ0n) is 19.9. The van der Waals surface area contributed by atoms with Crippen LogP contribution in [0, 0.1) is 5.82 Å². The summed E-state index contributed by atoms with van der Waals surface area (Å²) in [6.45, 7) is 9.51. The fraction of sp³-hybridized carbons (Fsp3) is 0.385. The molecular formula is C26H28FN5O2. The Morgan fingerprint density at radius 1 is 1.21 bits per heavy atom. The van der Waals surface area contributed by atoms with Crippen LogP contribution in [0.3, 0.4) is 0 Å². The van der Waals surface area contributed by atoms with E-state index in [1.54, 1.807) is 19.3 Å². The maximum Gasteiger partial charge on any atom is 0.219 e. The first-order valence-electron chi connectivity index (χ1n) is 11.5. The van der Waals surface area contributed by atoms with Crippen LogP contribution in [0.1, 0.15) is 56.6 Å². The number of carbonyl (C=O) groups is 1. The highest BCUT2D eigenvalue weighted by atomic mass is 19.1. The van der Waals surface area contributed by atoms with Gasteiger partial charge < -0.3 is 9.64 Å². The van der Waals surface area contributed by atoms with Crippen molar-refractivity contribution in [2.75, 3.05) is 13.1 Å². The Labute approximate surface area is 197 Å². The second-order valence-corrected chi connectivity index (χ2v) is 9.84. The normalized spacial score (nSPS) is 16.1. The van der Waals surface area contributed by atoms with Crippen molar-refractivity contribution in [2.24, 2.45) is 4.99 Å². The number of aromatic nitrogens is 3. The van der Waals surface area contributed by atoms with E-state index in [0.29, 0.717) is 29.8 Å². The van der Waals surface area contributed by atoms with Crippen molar-refractivity contribution in [1.82, 2.24) is 19.5 Å². The number of hydrogen-bond acceptors (Lipinski definition) is 5. The molecule has 0 N–H and O–H groups in total.